The molecule has 0 saturated carbocycles. The first kappa shape index (κ1) is 22.6. The van der Waals surface area contributed by atoms with Crippen molar-refractivity contribution >= 4 is 5.78 Å². The van der Waals surface area contributed by atoms with Crippen LogP contribution in [0.5, 0.6) is 40.2 Å². The maximum atomic E-state index is 12.8. The summed E-state index contributed by atoms with van der Waals surface area (Å²) in [5, 5.41) is 50.1. The number of phenolic OH excluding ortho intramolecular Hbond substituents is 3. The average molecular weight is 482 g/mol. The minimum Gasteiger partial charge on any atom is -0.508 e. The van der Waals surface area contributed by atoms with Crippen LogP contribution in [0.2, 0.25) is 0 Å². The lowest BCUT2D eigenvalue weighted by Crippen LogP contribution is -2.36. The molecule has 5 rings (SSSR count). The number of carbonyl (C=O) groups excluding carboxylic acids is 1. The molecule has 5 N–H and O–H groups in total. The van der Waals surface area contributed by atoms with Gasteiger partial charge in [0, 0.05) is 23.3 Å². The van der Waals surface area contributed by atoms with E-state index in [1.165, 1.54) is 25.3 Å². The second-order valence-corrected chi connectivity index (χ2v) is 8.19. The summed E-state index contributed by atoms with van der Waals surface area (Å²) in [6.45, 7) is -0.388. The predicted molar refractivity (Wildman–Crippen MR) is 119 cm³/mol. The summed E-state index contributed by atoms with van der Waals surface area (Å²) >= 11 is 0. The van der Waals surface area contributed by atoms with Crippen molar-refractivity contribution in [1.29, 1.82) is 0 Å². The maximum absolute atomic E-state index is 12.8. The van der Waals surface area contributed by atoms with Crippen molar-refractivity contribution in [3.8, 4) is 40.2 Å². The molecular weight excluding hydrogens is 460 g/mol. The highest BCUT2D eigenvalue weighted by Crippen LogP contribution is 2.47. The minimum absolute atomic E-state index is 0.0240. The Balaban J connectivity index is 1.46. The Bertz CT molecular complexity index is 1300. The van der Waals surface area contributed by atoms with E-state index in [1.807, 2.05) is 0 Å². The van der Waals surface area contributed by atoms with Gasteiger partial charge in [0.25, 0.3) is 0 Å². The van der Waals surface area contributed by atoms with Crippen molar-refractivity contribution in [2.45, 2.75) is 24.4 Å². The van der Waals surface area contributed by atoms with Gasteiger partial charge in [-0.1, -0.05) is 12.1 Å². The predicted octanol–water partition coefficient (Wildman–Crippen LogP) is 2.42. The molecular formula is C25H22O10. The van der Waals surface area contributed by atoms with Crippen molar-refractivity contribution < 1.29 is 49.3 Å². The van der Waals surface area contributed by atoms with Crippen molar-refractivity contribution in [3.63, 3.8) is 0 Å². The zero-order valence-electron chi connectivity index (χ0n) is 18.4. The summed E-state index contributed by atoms with van der Waals surface area (Å²) in [6.07, 6.45) is -4.41. The highest BCUT2D eigenvalue weighted by molar-refractivity contribution is 5.92. The highest BCUT2D eigenvalue weighted by atomic mass is 16.6. The fraction of sp³-hybridized carbons (Fsp3) is 0.240. The first-order chi connectivity index (χ1) is 16.8. The van der Waals surface area contributed by atoms with E-state index in [-0.39, 0.29) is 40.9 Å². The molecule has 0 aromatic heterocycles. The number of benzene rings is 3. The van der Waals surface area contributed by atoms with Crippen LogP contribution in [0.15, 0.2) is 48.5 Å². The number of ether oxygens (including phenoxy) is 4. The molecule has 10 nitrogen and oxygen atoms in total. The highest BCUT2D eigenvalue weighted by Gasteiger charge is 2.40. The fourth-order valence-electron chi connectivity index (χ4n) is 4.27. The van der Waals surface area contributed by atoms with Crippen molar-refractivity contribution in [2.24, 2.45) is 0 Å². The molecule has 0 spiro atoms. The second-order valence-electron chi connectivity index (χ2n) is 8.19. The summed E-state index contributed by atoms with van der Waals surface area (Å²) in [5.41, 5.74) is 0.832. The van der Waals surface area contributed by atoms with E-state index in [1.54, 1.807) is 24.3 Å². The number of aliphatic hydroxyl groups is 2. The molecule has 0 saturated heterocycles. The number of ketones is 1. The number of aromatic hydroxyl groups is 3. The number of aliphatic hydroxyl groups excluding tert-OH is 2. The Labute approximate surface area is 199 Å². The normalized spacial score (nSPS) is 22.8. The molecule has 2 aliphatic heterocycles. The van der Waals surface area contributed by atoms with Crippen LogP contribution < -0.4 is 18.9 Å². The zero-order chi connectivity index (χ0) is 24.9. The summed E-state index contributed by atoms with van der Waals surface area (Å²) in [4.78, 5) is 12.8. The third kappa shape index (κ3) is 3.82. The third-order valence-electron chi connectivity index (χ3n) is 6.00. The molecule has 3 aromatic carbocycles. The third-order valence-corrected chi connectivity index (χ3v) is 6.00. The topological polar surface area (TPSA) is 155 Å². The fourth-order valence-corrected chi connectivity index (χ4v) is 4.27. The molecule has 3 aromatic rings. The molecule has 4 atom stereocenters. The number of fused-ring (bicyclic) bond motifs is 2. The lowest BCUT2D eigenvalue weighted by molar-refractivity contribution is -0.137. The number of carbonyl (C=O) groups is 1. The average Bonchev–Trinajstić information content (AvgIpc) is 2.85. The van der Waals surface area contributed by atoms with Gasteiger partial charge < -0.3 is 44.5 Å². The largest absolute Gasteiger partial charge is 0.508 e. The van der Waals surface area contributed by atoms with Gasteiger partial charge in [0.05, 0.1) is 19.3 Å². The van der Waals surface area contributed by atoms with E-state index in [4.69, 9.17) is 18.9 Å². The molecule has 0 bridgehead atoms. The minimum atomic E-state index is -1.66. The molecule has 182 valence electrons. The quantitative estimate of drug-likeness (QED) is 0.374. The number of methoxy groups -OCH3 is 1. The van der Waals surface area contributed by atoms with Crippen LogP contribution in [-0.2, 0) is 4.79 Å². The molecule has 2 aliphatic rings. The molecule has 0 amide bonds. The van der Waals surface area contributed by atoms with Crippen molar-refractivity contribution in [1.82, 2.24) is 0 Å². The number of rotatable bonds is 4. The van der Waals surface area contributed by atoms with Crippen LogP contribution in [0.4, 0.5) is 0 Å². The Morgan fingerprint density at radius 3 is 2.37 bits per heavy atom. The van der Waals surface area contributed by atoms with Gasteiger partial charge in [-0.25, -0.2) is 0 Å². The van der Waals surface area contributed by atoms with Gasteiger partial charge in [-0.05, 0) is 24.3 Å². The molecule has 35 heavy (non-hydrogen) atoms. The lowest BCUT2D eigenvalue weighted by Gasteiger charge is -2.34. The van der Waals surface area contributed by atoms with Gasteiger partial charge in [-0.2, -0.15) is 0 Å². The molecule has 0 radical (unpaired) electrons. The molecule has 0 fully saturated rings. The van der Waals surface area contributed by atoms with Crippen molar-refractivity contribution in [3.05, 3.63) is 65.2 Å². The van der Waals surface area contributed by atoms with Crippen LogP contribution in [0.1, 0.15) is 35.0 Å². The van der Waals surface area contributed by atoms with Gasteiger partial charge in [-0.15, -0.1) is 0 Å². The number of Topliss-reactive ketones (excluding diaryl/α,β-unsaturated/α-hetero) is 1. The van der Waals surface area contributed by atoms with Gasteiger partial charge in [0.1, 0.15) is 23.4 Å². The van der Waals surface area contributed by atoms with E-state index in [9.17, 15) is 30.3 Å². The first-order valence-electron chi connectivity index (χ1n) is 10.7. The lowest BCUT2D eigenvalue weighted by atomic mass is 9.92. The van der Waals surface area contributed by atoms with E-state index >= 15 is 0 Å². The smallest absolute Gasteiger partial charge is 0.211 e. The van der Waals surface area contributed by atoms with E-state index < -0.39 is 35.9 Å². The van der Waals surface area contributed by atoms with Crippen LogP contribution in [0.3, 0.4) is 0 Å². The summed E-state index contributed by atoms with van der Waals surface area (Å²) in [5.74, 6) is -0.675. The molecule has 2 heterocycles. The maximum Gasteiger partial charge on any atom is 0.211 e. The van der Waals surface area contributed by atoms with Crippen LogP contribution in [0, 0.1) is 0 Å². The van der Waals surface area contributed by atoms with E-state index in [2.05, 4.69) is 0 Å². The summed E-state index contributed by atoms with van der Waals surface area (Å²) < 4.78 is 22.9. The Morgan fingerprint density at radius 2 is 1.63 bits per heavy atom. The number of phenols is 3. The second kappa shape index (κ2) is 8.57. The SMILES string of the molecule is COc1cc(C2Oc3ccc(C4Oc5cc(O)cc(O)c5C(O)C4=O)cc3OC2CO)ccc1O. The van der Waals surface area contributed by atoms with Crippen LogP contribution in [0.25, 0.3) is 0 Å². The van der Waals surface area contributed by atoms with Gasteiger partial charge in [0.2, 0.25) is 5.78 Å². The zero-order valence-corrected chi connectivity index (χ0v) is 18.4. The first-order valence-corrected chi connectivity index (χ1v) is 10.7. The standard InChI is InChI=1S/C25H22O10/c1-32-17-6-11(2-4-14(17)28)24-20(10-26)33-18-7-12(3-5-16(18)34-24)25-23(31)22(30)21-15(29)8-13(27)9-19(21)35-25/h2-9,20,22,24-30H,10H2,1H3. The van der Waals surface area contributed by atoms with E-state index in [0.717, 1.165) is 6.07 Å². The molecule has 4 unspecified atom stereocenters. The Morgan fingerprint density at radius 1 is 0.857 bits per heavy atom. The van der Waals surface area contributed by atoms with E-state index in [0.29, 0.717) is 16.9 Å². The summed E-state index contributed by atoms with van der Waals surface area (Å²) in [6, 6.07) is 11.5. The van der Waals surface area contributed by atoms with Crippen molar-refractivity contribution in [2.75, 3.05) is 13.7 Å². The van der Waals surface area contributed by atoms with Crippen LogP contribution in [-0.4, -0.2) is 51.1 Å². The molecule has 10 heteroatoms. The Kier molecular flexibility index (Phi) is 5.54. The monoisotopic (exact) mass is 482 g/mol. The molecule has 0 aliphatic carbocycles. The van der Waals surface area contributed by atoms with Gasteiger partial charge in [-0.3, -0.25) is 4.79 Å². The number of hydrogen-bond donors (Lipinski definition) is 5. The van der Waals surface area contributed by atoms with Crippen LogP contribution >= 0.6 is 0 Å². The van der Waals surface area contributed by atoms with Gasteiger partial charge in [0.15, 0.2) is 41.3 Å². The van der Waals surface area contributed by atoms with Gasteiger partial charge >= 0.3 is 0 Å². The Hall–Kier alpha value is -4.15. The summed E-state index contributed by atoms with van der Waals surface area (Å²) in [7, 11) is 1.42. The number of hydrogen-bond acceptors (Lipinski definition) is 10.